The summed E-state index contributed by atoms with van der Waals surface area (Å²) in [5.74, 6) is 0.599. The van der Waals surface area contributed by atoms with Gasteiger partial charge < -0.3 is 10.2 Å². The van der Waals surface area contributed by atoms with Crippen LogP contribution in [0.2, 0.25) is 5.02 Å². The first-order valence-electron chi connectivity index (χ1n) is 6.24. The van der Waals surface area contributed by atoms with Crippen molar-refractivity contribution in [2.45, 2.75) is 25.8 Å². The summed E-state index contributed by atoms with van der Waals surface area (Å²) in [5.41, 5.74) is 0.461. The molecule has 96 valence electrons. The van der Waals surface area contributed by atoms with Gasteiger partial charge in [-0.25, -0.2) is 4.98 Å². The van der Waals surface area contributed by atoms with Gasteiger partial charge >= 0.3 is 0 Å². The lowest BCUT2D eigenvalue weighted by Gasteiger charge is -2.22. The molecule has 2 heterocycles. The van der Waals surface area contributed by atoms with Crippen LogP contribution in [0.25, 0.3) is 0 Å². The van der Waals surface area contributed by atoms with Gasteiger partial charge in [-0.2, -0.15) is 5.26 Å². The number of nitrogens with zero attached hydrogens (tertiary/aromatic N) is 3. The highest BCUT2D eigenvalue weighted by Gasteiger charge is 2.16. The molecule has 1 saturated heterocycles. The van der Waals surface area contributed by atoms with Crippen LogP contribution in [0.15, 0.2) is 12.3 Å². The Kier molecular flexibility index (Phi) is 4.40. The van der Waals surface area contributed by atoms with Gasteiger partial charge in [0.05, 0.1) is 5.56 Å². The molecular weight excluding hydrogens is 248 g/mol. The van der Waals surface area contributed by atoms with E-state index < -0.39 is 0 Å². The van der Waals surface area contributed by atoms with Crippen LogP contribution in [0.5, 0.6) is 0 Å². The van der Waals surface area contributed by atoms with E-state index in [4.69, 9.17) is 16.9 Å². The summed E-state index contributed by atoms with van der Waals surface area (Å²) in [6, 6.07) is 3.95. The fourth-order valence-corrected chi connectivity index (χ4v) is 2.47. The average Bonchev–Trinajstić information content (AvgIpc) is 2.84. The lowest BCUT2D eigenvalue weighted by atomic mass is 10.2. The molecule has 1 fully saturated rings. The van der Waals surface area contributed by atoms with Gasteiger partial charge in [0.15, 0.2) is 0 Å². The molecule has 1 aliphatic heterocycles. The van der Waals surface area contributed by atoms with E-state index in [9.17, 15) is 0 Å². The fourth-order valence-electron chi connectivity index (χ4n) is 2.26. The van der Waals surface area contributed by atoms with Crippen LogP contribution >= 0.6 is 11.6 Å². The number of anilines is 1. The van der Waals surface area contributed by atoms with Crippen molar-refractivity contribution in [2.24, 2.45) is 0 Å². The second-order valence-corrected chi connectivity index (χ2v) is 5.06. The number of hydrogen-bond donors (Lipinski definition) is 1. The van der Waals surface area contributed by atoms with Crippen LogP contribution in [0, 0.1) is 11.3 Å². The minimum atomic E-state index is 0.266. The van der Waals surface area contributed by atoms with Crippen molar-refractivity contribution in [1.82, 2.24) is 9.88 Å². The zero-order valence-corrected chi connectivity index (χ0v) is 11.2. The van der Waals surface area contributed by atoms with Gasteiger partial charge in [-0.3, -0.25) is 0 Å². The van der Waals surface area contributed by atoms with Crippen LogP contribution < -0.4 is 5.32 Å². The smallest absolute Gasteiger partial charge is 0.146 e. The molecule has 1 N–H and O–H groups in total. The molecule has 0 radical (unpaired) electrons. The highest BCUT2D eigenvalue weighted by atomic mass is 35.5. The molecular formula is C13H17ClN4. The second-order valence-electron chi connectivity index (χ2n) is 4.69. The number of aromatic nitrogens is 1. The SMILES string of the molecule is CC(CN1CCCC1)Nc1nccc(C#N)c1Cl. The molecule has 1 aliphatic rings. The van der Waals surface area contributed by atoms with Gasteiger partial charge in [0.1, 0.15) is 16.9 Å². The van der Waals surface area contributed by atoms with E-state index in [1.165, 1.54) is 25.9 Å². The molecule has 1 unspecified atom stereocenters. The molecule has 1 atom stereocenters. The molecule has 0 saturated carbocycles. The summed E-state index contributed by atoms with van der Waals surface area (Å²) in [6.45, 7) is 5.43. The largest absolute Gasteiger partial charge is 0.365 e. The van der Waals surface area contributed by atoms with E-state index >= 15 is 0 Å². The molecule has 0 spiro atoms. The summed E-state index contributed by atoms with van der Waals surface area (Å²) >= 11 is 6.11. The molecule has 1 aromatic heterocycles. The molecule has 0 aliphatic carbocycles. The van der Waals surface area contributed by atoms with Crippen molar-refractivity contribution in [1.29, 1.82) is 5.26 Å². The van der Waals surface area contributed by atoms with Gasteiger partial charge in [-0.05, 0) is 38.9 Å². The third kappa shape index (κ3) is 3.12. The van der Waals surface area contributed by atoms with Gasteiger partial charge in [-0.1, -0.05) is 11.6 Å². The van der Waals surface area contributed by atoms with Crippen LogP contribution in [-0.2, 0) is 0 Å². The minimum absolute atomic E-state index is 0.266. The summed E-state index contributed by atoms with van der Waals surface area (Å²) in [6.07, 6.45) is 4.18. The molecule has 1 aromatic rings. The van der Waals surface area contributed by atoms with E-state index in [1.807, 2.05) is 0 Å². The monoisotopic (exact) mass is 264 g/mol. The summed E-state index contributed by atoms with van der Waals surface area (Å²) in [7, 11) is 0. The van der Waals surface area contributed by atoms with Crippen LogP contribution in [0.3, 0.4) is 0 Å². The Morgan fingerprint density at radius 1 is 1.56 bits per heavy atom. The molecule has 4 nitrogen and oxygen atoms in total. The first-order valence-corrected chi connectivity index (χ1v) is 6.62. The first-order chi connectivity index (χ1) is 8.70. The summed E-state index contributed by atoms with van der Waals surface area (Å²) in [4.78, 5) is 6.62. The lowest BCUT2D eigenvalue weighted by Crippen LogP contribution is -2.33. The van der Waals surface area contributed by atoms with Crippen LogP contribution in [-0.4, -0.2) is 35.6 Å². The standard InChI is InChI=1S/C13H17ClN4/c1-10(9-18-6-2-3-7-18)17-13-12(14)11(8-15)4-5-16-13/h4-5,10H,2-3,6-7,9H2,1H3,(H,16,17). The maximum absolute atomic E-state index is 8.91. The summed E-state index contributed by atoms with van der Waals surface area (Å²) < 4.78 is 0. The van der Waals surface area contributed by atoms with E-state index in [0.29, 0.717) is 16.4 Å². The third-order valence-corrected chi connectivity index (χ3v) is 3.51. The van der Waals surface area contributed by atoms with Crippen molar-refractivity contribution in [3.8, 4) is 6.07 Å². The number of likely N-dealkylation sites (tertiary alicyclic amines) is 1. The van der Waals surface area contributed by atoms with Gasteiger partial charge in [0, 0.05) is 18.8 Å². The quantitative estimate of drug-likeness (QED) is 0.908. The minimum Gasteiger partial charge on any atom is -0.365 e. The number of hydrogen-bond acceptors (Lipinski definition) is 4. The van der Waals surface area contributed by atoms with Crippen LogP contribution in [0.1, 0.15) is 25.3 Å². The Morgan fingerprint density at radius 2 is 2.28 bits per heavy atom. The van der Waals surface area contributed by atoms with E-state index in [2.05, 4.69) is 28.2 Å². The number of nitrogens with one attached hydrogen (secondary N) is 1. The van der Waals surface area contributed by atoms with Crippen molar-refractivity contribution in [2.75, 3.05) is 25.0 Å². The maximum Gasteiger partial charge on any atom is 0.146 e. The molecule has 0 amide bonds. The maximum atomic E-state index is 8.91. The predicted molar refractivity (Wildman–Crippen MR) is 72.7 cm³/mol. The Balaban J connectivity index is 1.98. The molecule has 2 rings (SSSR count). The lowest BCUT2D eigenvalue weighted by molar-refractivity contribution is 0.327. The number of rotatable bonds is 4. The van der Waals surface area contributed by atoms with Gasteiger partial charge in [0.2, 0.25) is 0 Å². The van der Waals surface area contributed by atoms with Gasteiger partial charge in [0.25, 0.3) is 0 Å². The van der Waals surface area contributed by atoms with Crippen LogP contribution in [0.4, 0.5) is 5.82 Å². The van der Waals surface area contributed by atoms with E-state index in [1.54, 1.807) is 12.3 Å². The third-order valence-electron chi connectivity index (χ3n) is 3.12. The normalized spacial score (nSPS) is 17.4. The number of halogens is 1. The van der Waals surface area contributed by atoms with Crippen molar-refractivity contribution < 1.29 is 0 Å². The average molecular weight is 265 g/mol. The molecule has 0 bridgehead atoms. The number of nitriles is 1. The number of pyridine rings is 1. The molecule has 5 heteroatoms. The molecule has 18 heavy (non-hydrogen) atoms. The van der Waals surface area contributed by atoms with Crippen molar-refractivity contribution in [3.05, 3.63) is 22.8 Å². The second kappa shape index (κ2) is 6.03. The Hall–Kier alpha value is -1.31. The predicted octanol–water partition coefficient (Wildman–Crippen LogP) is 2.50. The van der Waals surface area contributed by atoms with Crippen molar-refractivity contribution in [3.63, 3.8) is 0 Å². The highest BCUT2D eigenvalue weighted by Crippen LogP contribution is 2.23. The van der Waals surface area contributed by atoms with E-state index in [-0.39, 0.29) is 6.04 Å². The van der Waals surface area contributed by atoms with E-state index in [0.717, 1.165) is 6.54 Å². The Morgan fingerprint density at radius 3 is 2.94 bits per heavy atom. The molecule has 0 aromatic carbocycles. The Labute approximate surface area is 113 Å². The Bertz CT molecular complexity index is 449. The highest BCUT2D eigenvalue weighted by molar-refractivity contribution is 6.34. The van der Waals surface area contributed by atoms with Gasteiger partial charge in [-0.15, -0.1) is 0 Å². The zero-order chi connectivity index (χ0) is 13.0. The summed E-state index contributed by atoms with van der Waals surface area (Å²) in [5, 5.41) is 12.6. The first kappa shape index (κ1) is 13.1. The zero-order valence-electron chi connectivity index (χ0n) is 10.5. The topological polar surface area (TPSA) is 52.0 Å². The fraction of sp³-hybridized carbons (Fsp3) is 0.538. The van der Waals surface area contributed by atoms with Crippen molar-refractivity contribution >= 4 is 17.4 Å².